The number of hydrogen-bond donors (Lipinski definition) is 3. The smallest absolute Gasteiger partial charge is 0.218 e. The molecule has 1 amide bonds. The van der Waals surface area contributed by atoms with Gasteiger partial charge in [0.1, 0.15) is 11.4 Å². The number of amides is 1. The Morgan fingerprint density at radius 3 is 2.62 bits per heavy atom. The SMILES string of the molecule is CC(=O)N[C@@H](Cc1ccc(F)c(Cl)c1)[C@H](O)CN[C@H]1C[C@]2(C[C@H](C)C2)Oc2ncc(CC(C)(C)C)cc21. The second-order valence-corrected chi connectivity index (χ2v) is 12.7. The lowest BCUT2D eigenvalue weighted by Gasteiger charge is -2.50. The summed E-state index contributed by atoms with van der Waals surface area (Å²) in [6, 6.07) is 6.04. The van der Waals surface area contributed by atoms with E-state index in [1.165, 1.54) is 19.1 Å². The number of rotatable bonds is 8. The lowest BCUT2D eigenvalue weighted by molar-refractivity contribution is -0.120. The van der Waals surface area contributed by atoms with Gasteiger partial charge >= 0.3 is 0 Å². The molecule has 1 aliphatic carbocycles. The van der Waals surface area contributed by atoms with Crippen molar-refractivity contribution >= 4 is 17.5 Å². The van der Waals surface area contributed by atoms with Gasteiger partial charge in [-0.3, -0.25) is 4.79 Å². The predicted molar refractivity (Wildman–Crippen MR) is 143 cm³/mol. The monoisotopic (exact) mass is 531 g/mol. The van der Waals surface area contributed by atoms with Crippen molar-refractivity contribution in [1.82, 2.24) is 15.6 Å². The summed E-state index contributed by atoms with van der Waals surface area (Å²) in [7, 11) is 0. The molecule has 2 aromatic rings. The molecule has 0 saturated heterocycles. The normalized spacial score (nSPS) is 24.5. The van der Waals surface area contributed by atoms with Crippen LogP contribution in [-0.4, -0.2) is 40.3 Å². The number of hydrogen-bond acceptors (Lipinski definition) is 5. The van der Waals surface area contributed by atoms with Crippen molar-refractivity contribution in [3.8, 4) is 5.88 Å². The number of pyridine rings is 1. The van der Waals surface area contributed by atoms with Crippen molar-refractivity contribution in [2.24, 2.45) is 11.3 Å². The van der Waals surface area contributed by atoms with E-state index in [2.05, 4.69) is 44.4 Å². The maximum atomic E-state index is 13.6. The van der Waals surface area contributed by atoms with E-state index in [9.17, 15) is 14.3 Å². The Labute approximate surface area is 224 Å². The van der Waals surface area contributed by atoms with E-state index in [0.29, 0.717) is 18.2 Å². The maximum absolute atomic E-state index is 13.6. The highest BCUT2D eigenvalue weighted by molar-refractivity contribution is 6.30. The van der Waals surface area contributed by atoms with Crippen molar-refractivity contribution in [3.63, 3.8) is 0 Å². The Balaban J connectivity index is 1.51. The van der Waals surface area contributed by atoms with Gasteiger partial charge in [-0.05, 0) is 66.3 Å². The van der Waals surface area contributed by atoms with E-state index in [1.54, 1.807) is 6.07 Å². The van der Waals surface area contributed by atoms with Gasteiger partial charge in [0.15, 0.2) is 0 Å². The summed E-state index contributed by atoms with van der Waals surface area (Å²) >= 11 is 5.95. The van der Waals surface area contributed by atoms with Crippen molar-refractivity contribution in [1.29, 1.82) is 0 Å². The third-order valence-electron chi connectivity index (χ3n) is 7.24. The lowest BCUT2D eigenvalue weighted by Crippen LogP contribution is -2.54. The maximum Gasteiger partial charge on any atom is 0.218 e. The van der Waals surface area contributed by atoms with Crippen LogP contribution in [0.2, 0.25) is 5.02 Å². The third kappa shape index (κ3) is 7.01. The van der Waals surface area contributed by atoms with E-state index in [1.807, 2.05) is 6.20 Å². The topological polar surface area (TPSA) is 83.5 Å². The zero-order valence-corrected chi connectivity index (χ0v) is 23.2. The van der Waals surface area contributed by atoms with E-state index >= 15 is 0 Å². The molecule has 1 aliphatic heterocycles. The number of nitrogens with zero attached hydrogens (tertiary/aromatic N) is 1. The number of aliphatic hydroxyl groups excluding tert-OH is 1. The number of nitrogens with one attached hydrogen (secondary N) is 2. The molecule has 0 radical (unpaired) electrons. The molecule has 3 atom stereocenters. The average molecular weight is 532 g/mol. The summed E-state index contributed by atoms with van der Waals surface area (Å²) < 4.78 is 20.1. The van der Waals surface area contributed by atoms with Crippen LogP contribution in [0.1, 0.15) is 76.6 Å². The summed E-state index contributed by atoms with van der Waals surface area (Å²) in [5.41, 5.74) is 2.81. The van der Waals surface area contributed by atoms with Crippen molar-refractivity contribution in [2.75, 3.05) is 6.54 Å². The first-order chi connectivity index (χ1) is 17.3. The van der Waals surface area contributed by atoms with Gasteiger partial charge in [0.05, 0.1) is 17.2 Å². The van der Waals surface area contributed by atoms with Crippen LogP contribution in [0, 0.1) is 17.2 Å². The van der Waals surface area contributed by atoms with E-state index < -0.39 is 18.0 Å². The van der Waals surface area contributed by atoms with Crippen LogP contribution < -0.4 is 15.4 Å². The number of aliphatic hydroxyl groups is 1. The predicted octanol–water partition coefficient (Wildman–Crippen LogP) is 5.15. The quantitative estimate of drug-likeness (QED) is 0.438. The van der Waals surface area contributed by atoms with Gasteiger partial charge in [0, 0.05) is 37.7 Å². The molecule has 4 rings (SSSR count). The van der Waals surface area contributed by atoms with Gasteiger partial charge in [-0.25, -0.2) is 9.37 Å². The zero-order chi connectivity index (χ0) is 27.0. The van der Waals surface area contributed by atoms with Crippen LogP contribution in [0.15, 0.2) is 30.5 Å². The molecule has 3 N–H and O–H groups in total. The minimum Gasteiger partial charge on any atom is -0.471 e. The van der Waals surface area contributed by atoms with Gasteiger partial charge in [0.25, 0.3) is 0 Å². The molecule has 6 nitrogen and oxygen atoms in total. The van der Waals surface area contributed by atoms with Crippen LogP contribution in [0.3, 0.4) is 0 Å². The molecule has 202 valence electrons. The molecular formula is C29H39ClFN3O3. The van der Waals surface area contributed by atoms with E-state index in [4.69, 9.17) is 21.3 Å². The van der Waals surface area contributed by atoms with Crippen LogP contribution >= 0.6 is 11.6 Å². The molecule has 37 heavy (non-hydrogen) atoms. The Bertz CT molecular complexity index is 1130. The number of benzene rings is 1. The molecule has 1 saturated carbocycles. The summed E-state index contributed by atoms with van der Waals surface area (Å²) in [5, 5.41) is 17.6. The molecule has 0 bridgehead atoms. The highest BCUT2D eigenvalue weighted by atomic mass is 35.5. The van der Waals surface area contributed by atoms with Gasteiger partial charge in [0.2, 0.25) is 11.8 Å². The Hall–Kier alpha value is -2.22. The van der Waals surface area contributed by atoms with Crippen LogP contribution in [0.5, 0.6) is 5.88 Å². The molecule has 1 fully saturated rings. The van der Waals surface area contributed by atoms with Crippen LogP contribution in [-0.2, 0) is 17.6 Å². The first kappa shape index (κ1) is 27.8. The third-order valence-corrected chi connectivity index (χ3v) is 7.53. The van der Waals surface area contributed by atoms with Gasteiger partial charge in [-0.15, -0.1) is 0 Å². The number of carbonyl (C=O) groups excluding carboxylic acids is 1. The van der Waals surface area contributed by atoms with Gasteiger partial charge in [-0.1, -0.05) is 45.4 Å². The Morgan fingerprint density at radius 1 is 1.27 bits per heavy atom. The summed E-state index contributed by atoms with van der Waals surface area (Å²) in [6.07, 6.45) is 5.03. The van der Waals surface area contributed by atoms with Crippen molar-refractivity contribution in [3.05, 3.63) is 58.0 Å². The van der Waals surface area contributed by atoms with E-state index in [-0.39, 0.29) is 34.5 Å². The molecule has 1 aromatic carbocycles. The number of fused-ring (bicyclic) bond motifs is 1. The summed E-state index contributed by atoms with van der Waals surface area (Å²) in [5.74, 6) is 0.537. The fourth-order valence-electron chi connectivity index (χ4n) is 5.80. The second kappa shape index (κ2) is 10.9. The summed E-state index contributed by atoms with van der Waals surface area (Å²) in [6.45, 7) is 10.5. The molecule has 0 unspecified atom stereocenters. The number of carbonyl (C=O) groups is 1. The largest absolute Gasteiger partial charge is 0.471 e. The van der Waals surface area contributed by atoms with Crippen molar-refractivity contribution in [2.45, 2.75) is 90.5 Å². The van der Waals surface area contributed by atoms with E-state index in [0.717, 1.165) is 42.4 Å². The summed E-state index contributed by atoms with van der Waals surface area (Å²) in [4.78, 5) is 16.6. The Kier molecular flexibility index (Phi) is 8.17. The molecule has 2 aliphatic rings. The van der Waals surface area contributed by atoms with Gasteiger partial charge in [-0.2, -0.15) is 0 Å². The minimum atomic E-state index is -0.874. The fourth-order valence-corrected chi connectivity index (χ4v) is 6.00. The highest BCUT2D eigenvalue weighted by Gasteiger charge is 2.49. The molecule has 1 aromatic heterocycles. The minimum absolute atomic E-state index is 0.0177. The molecule has 1 spiro atoms. The first-order valence-corrected chi connectivity index (χ1v) is 13.5. The average Bonchev–Trinajstić information content (AvgIpc) is 2.77. The van der Waals surface area contributed by atoms with Crippen molar-refractivity contribution < 1.29 is 19.0 Å². The molecule has 2 heterocycles. The fraction of sp³-hybridized carbons (Fsp3) is 0.586. The first-order valence-electron chi connectivity index (χ1n) is 13.1. The van der Waals surface area contributed by atoms with Crippen LogP contribution in [0.4, 0.5) is 4.39 Å². The zero-order valence-electron chi connectivity index (χ0n) is 22.4. The number of ether oxygens (including phenoxy) is 1. The molecule has 8 heteroatoms. The lowest BCUT2D eigenvalue weighted by atomic mass is 9.67. The highest BCUT2D eigenvalue weighted by Crippen LogP contribution is 2.50. The standard InChI is InChI=1S/C29H39ClFN3O3/c1-17-11-29(12-17)14-25(21-8-20(13-28(3,4)5)15-33-27(21)37-29)32-16-26(36)24(34-18(2)35)10-19-6-7-23(31)22(30)9-19/h6-9,15,17,24-26,32,36H,10-14,16H2,1-5H3,(H,34,35)/t17-,24-,25-,26+,29+/m0/s1. The number of aromatic nitrogens is 1. The molecular weight excluding hydrogens is 493 g/mol. The number of halogens is 2. The van der Waals surface area contributed by atoms with Crippen LogP contribution in [0.25, 0.3) is 0 Å². The second-order valence-electron chi connectivity index (χ2n) is 12.3. The Morgan fingerprint density at radius 2 is 2.00 bits per heavy atom. The van der Waals surface area contributed by atoms with Gasteiger partial charge < -0.3 is 20.5 Å².